The maximum absolute atomic E-state index is 10.9. The second-order valence-corrected chi connectivity index (χ2v) is 3.10. The normalized spacial score (nSPS) is 11.5. The molecule has 3 nitrogen and oxygen atoms in total. The molecule has 0 radical (unpaired) electrons. The van der Waals surface area contributed by atoms with Gasteiger partial charge in [-0.25, -0.2) is 4.98 Å². The van der Waals surface area contributed by atoms with Crippen LogP contribution >= 0.6 is 0 Å². The molecular weight excluding hydrogens is 212 g/mol. The summed E-state index contributed by atoms with van der Waals surface area (Å²) in [6.07, 6.45) is 9.58. The summed E-state index contributed by atoms with van der Waals surface area (Å²) >= 11 is 0. The standard InChI is InChI=1S/C12H14N2O.C2H6/c1-4-6-11(10(5-2)8-15)12-7-14(3)9-13-12;1-2/h4-9H,1H2,2-3H3;1-2H3/b10-5-,11-6+;. The number of carbonyl (C=O) groups is 1. The van der Waals surface area contributed by atoms with Crippen LogP contribution in [0.2, 0.25) is 0 Å². The van der Waals surface area contributed by atoms with Gasteiger partial charge in [-0.3, -0.25) is 4.79 Å². The average molecular weight is 232 g/mol. The molecular formula is C14H20N2O. The third-order valence-corrected chi connectivity index (χ3v) is 2.01. The molecule has 92 valence electrons. The van der Waals surface area contributed by atoms with Crippen molar-refractivity contribution in [3.8, 4) is 0 Å². The Morgan fingerprint density at radius 3 is 2.47 bits per heavy atom. The molecule has 3 heteroatoms. The van der Waals surface area contributed by atoms with E-state index in [1.165, 1.54) is 0 Å². The molecule has 0 atom stereocenters. The van der Waals surface area contributed by atoms with E-state index >= 15 is 0 Å². The van der Waals surface area contributed by atoms with Crippen LogP contribution in [-0.4, -0.2) is 15.8 Å². The Balaban J connectivity index is 0.00000121. The molecule has 0 amide bonds. The predicted molar refractivity (Wildman–Crippen MR) is 72.6 cm³/mol. The van der Waals surface area contributed by atoms with Crippen LogP contribution in [0, 0.1) is 0 Å². The zero-order valence-electron chi connectivity index (χ0n) is 11.0. The van der Waals surface area contributed by atoms with Gasteiger partial charge >= 0.3 is 0 Å². The number of aromatic nitrogens is 2. The van der Waals surface area contributed by atoms with Crippen molar-refractivity contribution in [2.75, 3.05) is 0 Å². The molecule has 0 N–H and O–H groups in total. The van der Waals surface area contributed by atoms with Gasteiger partial charge in [0, 0.05) is 24.4 Å². The lowest BCUT2D eigenvalue weighted by atomic mass is 10.0. The third-order valence-electron chi connectivity index (χ3n) is 2.01. The minimum absolute atomic E-state index is 0.619. The van der Waals surface area contributed by atoms with Crippen LogP contribution in [0.3, 0.4) is 0 Å². The van der Waals surface area contributed by atoms with Crippen molar-refractivity contribution in [2.45, 2.75) is 20.8 Å². The number of rotatable bonds is 4. The number of nitrogens with zero attached hydrogens (tertiary/aromatic N) is 2. The SMILES string of the molecule is C=C/C=C(\C(C=O)=C/C)c1cn(C)cn1.CC. The highest BCUT2D eigenvalue weighted by molar-refractivity contribution is 5.98. The van der Waals surface area contributed by atoms with E-state index in [1.54, 1.807) is 24.6 Å². The van der Waals surface area contributed by atoms with E-state index in [4.69, 9.17) is 0 Å². The van der Waals surface area contributed by atoms with Gasteiger partial charge < -0.3 is 4.57 Å². The number of aryl methyl sites for hydroxylation is 1. The van der Waals surface area contributed by atoms with Crippen LogP contribution in [0.4, 0.5) is 0 Å². The van der Waals surface area contributed by atoms with Crippen LogP contribution < -0.4 is 0 Å². The predicted octanol–water partition coefficient (Wildman–Crippen LogP) is 3.16. The number of hydrogen-bond acceptors (Lipinski definition) is 2. The molecule has 0 unspecified atom stereocenters. The summed E-state index contributed by atoms with van der Waals surface area (Å²) in [6.45, 7) is 9.45. The van der Waals surface area contributed by atoms with E-state index in [9.17, 15) is 4.79 Å². The lowest BCUT2D eigenvalue weighted by Crippen LogP contribution is -1.91. The first-order valence-corrected chi connectivity index (χ1v) is 5.65. The Labute approximate surface area is 103 Å². The first-order chi connectivity index (χ1) is 8.22. The Kier molecular flexibility index (Phi) is 7.35. The lowest BCUT2D eigenvalue weighted by molar-refractivity contribution is -0.104. The molecule has 0 saturated carbocycles. The molecule has 17 heavy (non-hydrogen) atoms. The van der Waals surface area contributed by atoms with Crippen LogP contribution in [0.25, 0.3) is 5.57 Å². The molecule has 1 rings (SSSR count). The number of carbonyl (C=O) groups excluding carboxylic acids is 1. The molecule has 0 aliphatic rings. The van der Waals surface area contributed by atoms with Gasteiger partial charge in [-0.05, 0) is 6.92 Å². The molecule has 1 aromatic heterocycles. The maximum atomic E-state index is 10.9. The van der Waals surface area contributed by atoms with E-state index in [1.807, 2.05) is 38.6 Å². The Hall–Kier alpha value is -1.90. The lowest BCUT2D eigenvalue weighted by Gasteiger charge is -2.01. The van der Waals surface area contributed by atoms with E-state index < -0.39 is 0 Å². The zero-order chi connectivity index (χ0) is 13.3. The highest BCUT2D eigenvalue weighted by atomic mass is 16.1. The van der Waals surface area contributed by atoms with Crippen molar-refractivity contribution < 1.29 is 4.79 Å². The molecule has 0 spiro atoms. The number of hydrogen-bond donors (Lipinski definition) is 0. The van der Waals surface area contributed by atoms with Crippen molar-refractivity contribution in [1.82, 2.24) is 9.55 Å². The second kappa shape index (κ2) is 8.28. The molecule has 0 aromatic carbocycles. The van der Waals surface area contributed by atoms with Gasteiger partial charge in [0.05, 0.1) is 12.0 Å². The Morgan fingerprint density at radius 2 is 2.12 bits per heavy atom. The number of aldehydes is 1. The third kappa shape index (κ3) is 4.23. The monoisotopic (exact) mass is 232 g/mol. The van der Waals surface area contributed by atoms with Gasteiger partial charge in [0.15, 0.2) is 0 Å². The molecule has 0 aliphatic heterocycles. The van der Waals surface area contributed by atoms with Gasteiger partial charge in [0.2, 0.25) is 0 Å². The summed E-state index contributed by atoms with van der Waals surface area (Å²) in [5, 5.41) is 0. The number of allylic oxidation sites excluding steroid dienone is 5. The molecule has 1 heterocycles. The summed E-state index contributed by atoms with van der Waals surface area (Å²) in [4.78, 5) is 15.1. The molecule has 0 fully saturated rings. The van der Waals surface area contributed by atoms with E-state index in [0.717, 1.165) is 17.6 Å². The van der Waals surface area contributed by atoms with Crippen LogP contribution in [0.15, 0.2) is 42.9 Å². The largest absolute Gasteiger partial charge is 0.340 e. The summed E-state index contributed by atoms with van der Waals surface area (Å²) in [5.74, 6) is 0. The maximum Gasteiger partial charge on any atom is 0.150 e. The topological polar surface area (TPSA) is 34.9 Å². The minimum atomic E-state index is 0.619. The summed E-state index contributed by atoms with van der Waals surface area (Å²) < 4.78 is 1.84. The van der Waals surface area contributed by atoms with Crippen LogP contribution in [0.1, 0.15) is 26.5 Å². The van der Waals surface area contributed by atoms with Gasteiger partial charge in [-0.2, -0.15) is 0 Å². The fraction of sp³-hybridized carbons (Fsp3) is 0.286. The number of imidazole rings is 1. The quantitative estimate of drug-likeness (QED) is 0.454. The van der Waals surface area contributed by atoms with Crippen molar-refractivity contribution in [2.24, 2.45) is 7.05 Å². The van der Waals surface area contributed by atoms with Crippen LogP contribution in [-0.2, 0) is 11.8 Å². The first kappa shape index (κ1) is 15.1. The first-order valence-electron chi connectivity index (χ1n) is 5.65. The summed E-state index contributed by atoms with van der Waals surface area (Å²) in [5.41, 5.74) is 2.19. The van der Waals surface area contributed by atoms with Crippen molar-refractivity contribution in [1.29, 1.82) is 0 Å². The zero-order valence-corrected chi connectivity index (χ0v) is 11.0. The van der Waals surface area contributed by atoms with E-state index in [-0.39, 0.29) is 0 Å². The molecule has 1 aromatic rings. The highest BCUT2D eigenvalue weighted by Gasteiger charge is 2.08. The van der Waals surface area contributed by atoms with Gasteiger partial charge in [-0.15, -0.1) is 0 Å². The summed E-state index contributed by atoms with van der Waals surface area (Å²) in [7, 11) is 1.89. The smallest absolute Gasteiger partial charge is 0.150 e. The van der Waals surface area contributed by atoms with Crippen molar-refractivity contribution >= 4 is 11.9 Å². The van der Waals surface area contributed by atoms with E-state index in [2.05, 4.69) is 11.6 Å². The second-order valence-electron chi connectivity index (χ2n) is 3.10. The minimum Gasteiger partial charge on any atom is -0.340 e. The van der Waals surface area contributed by atoms with Crippen LogP contribution in [0.5, 0.6) is 0 Å². The average Bonchev–Trinajstić information content (AvgIpc) is 2.78. The van der Waals surface area contributed by atoms with Gasteiger partial charge in [0.25, 0.3) is 0 Å². The van der Waals surface area contributed by atoms with E-state index in [0.29, 0.717) is 5.57 Å². The van der Waals surface area contributed by atoms with Crippen molar-refractivity contribution in [3.63, 3.8) is 0 Å². The molecule has 0 aliphatic carbocycles. The Morgan fingerprint density at radius 1 is 1.47 bits per heavy atom. The molecule has 0 bridgehead atoms. The fourth-order valence-corrected chi connectivity index (χ4v) is 1.29. The Bertz CT molecular complexity index is 425. The summed E-state index contributed by atoms with van der Waals surface area (Å²) in [6, 6.07) is 0. The van der Waals surface area contributed by atoms with Crippen molar-refractivity contribution in [3.05, 3.63) is 48.6 Å². The van der Waals surface area contributed by atoms with Gasteiger partial charge in [0.1, 0.15) is 6.29 Å². The fourth-order valence-electron chi connectivity index (χ4n) is 1.29. The highest BCUT2D eigenvalue weighted by Crippen LogP contribution is 2.19. The molecule has 0 saturated heterocycles. The van der Waals surface area contributed by atoms with Gasteiger partial charge in [-0.1, -0.05) is 38.7 Å².